The molecule has 1 aliphatic heterocycles. The van der Waals surface area contributed by atoms with E-state index >= 15 is 0 Å². The van der Waals surface area contributed by atoms with E-state index in [2.05, 4.69) is 10.6 Å². The SMILES string of the molecule is CC(=O)Nc1ccc(S(=O)(=O)N2CCCN(C(=O)Nc3cccc(Cl)c3)CC2)cc1. The van der Waals surface area contributed by atoms with Gasteiger partial charge < -0.3 is 15.5 Å². The van der Waals surface area contributed by atoms with Crippen LogP contribution in [0.1, 0.15) is 13.3 Å². The Labute approximate surface area is 180 Å². The summed E-state index contributed by atoms with van der Waals surface area (Å²) in [5.41, 5.74) is 1.11. The minimum Gasteiger partial charge on any atom is -0.326 e. The fourth-order valence-electron chi connectivity index (χ4n) is 3.17. The number of carbonyl (C=O) groups is 2. The van der Waals surface area contributed by atoms with Crippen LogP contribution in [-0.4, -0.2) is 55.7 Å². The van der Waals surface area contributed by atoms with Gasteiger partial charge in [-0.05, 0) is 48.9 Å². The molecular formula is C20H23ClN4O4S. The van der Waals surface area contributed by atoms with Crippen LogP contribution in [0, 0.1) is 0 Å². The largest absolute Gasteiger partial charge is 0.326 e. The van der Waals surface area contributed by atoms with Crippen LogP contribution < -0.4 is 10.6 Å². The van der Waals surface area contributed by atoms with E-state index in [0.29, 0.717) is 35.9 Å². The molecule has 1 saturated heterocycles. The van der Waals surface area contributed by atoms with E-state index in [1.54, 1.807) is 41.3 Å². The first-order valence-corrected chi connectivity index (χ1v) is 11.3. The zero-order valence-electron chi connectivity index (χ0n) is 16.5. The molecule has 1 heterocycles. The number of urea groups is 1. The van der Waals surface area contributed by atoms with Crippen LogP contribution in [0.15, 0.2) is 53.4 Å². The summed E-state index contributed by atoms with van der Waals surface area (Å²) >= 11 is 5.94. The fourth-order valence-corrected chi connectivity index (χ4v) is 4.83. The maximum atomic E-state index is 13.0. The molecule has 2 N–H and O–H groups in total. The van der Waals surface area contributed by atoms with Crippen LogP contribution in [0.3, 0.4) is 0 Å². The van der Waals surface area contributed by atoms with Crippen molar-refractivity contribution in [1.29, 1.82) is 0 Å². The van der Waals surface area contributed by atoms with E-state index in [4.69, 9.17) is 11.6 Å². The second kappa shape index (κ2) is 9.46. The Balaban J connectivity index is 1.64. The van der Waals surface area contributed by atoms with Crippen molar-refractivity contribution in [2.75, 3.05) is 36.8 Å². The van der Waals surface area contributed by atoms with Gasteiger partial charge >= 0.3 is 6.03 Å². The van der Waals surface area contributed by atoms with Crippen molar-refractivity contribution in [2.45, 2.75) is 18.2 Å². The maximum Gasteiger partial charge on any atom is 0.321 e. The molecule has 0 aromatic heterocycles. The van der Waals surface area contributed by atoms with E-state index in [1.165, 1.54) is 23.4 Å². The highest BCUT2D eigenvalue weighted by Gasteiger charge is 2.28. The fraction of sp³-hybridized carbons (Fsp3) is 0.300. The smallest absolute Gasteiger partial charge is 0.321 e. The lowest BCUT2D eigenvalue weighted by atomic mass is 10.3. The third-order valence-electron chi connectivity index (χ3n) is 4.63. The molecular weight excluding hydrogens is 428 g/mol. The van der Waals surface area contributed by atoms with Gasteiger partial charge in [-0.15, -0.1) is 0 Å². The van der Waals surface area contributed by atoms with E-state index in [9.17, 15) is 18.0 Å². The molecule has 10 heteroatoms. The Kier molecular flexibility index (Phi) is 6.96. The molecule has 0 atom stereocenters. The predicted molar refractivity (Wildman–Crippen MR) is 116 cm³/mol. The number of benzene rings is 2. The number of halogens is 1. The van der Waals surface area contributed by atoms with Crippen LogP contribution in [0.4, 0.5) is 16.2 Å². The number of amides is 3. The highest BCUT2D eigenvalue weighted by atomic mass is 35.5. The first-order valence-electron chi connectivity index (χ1n) is 9.45. The molecule has 3 rings (SSSR count). The van der Waals surface area contributed by atoms with Crippen LogP contribution in [0.5, 0.6) is 0 Å². The van der Waals surface area contributed by atoms with Gasteiger partial charge in [0.05, 0.1) is 4.90 Å². The Morgan fingerprint density at radius 3 is 2.33 bits per heavy atom. The number of hydrogen-bond acceptors (Lipinski definition) is 4. The Morgan fingerprint density at radius 2 is 1.67 bits per heavy atom. The molecule has 0 radical (unpaired) electrons. The molecule has 0 unspecified atom stereocenters. The monoisotopic (exact) mass is 450 g/mol. The number of carbonyl (C=O) groups excluding carboxylic acids is 2. The van der Waals surface area contributed by atoms with E-state index < -0.39 is 10.0 Å². The van der Waals surface area contributed by atoms with Crippen LogP contribution >= 0.6 is 11.6 Å². The summed E-state index contributed by atoms with van der Waals surface area (Å²) in [6.45, 7) is 2.61. The van der Waals surface area contributed by atoms with Gasteiger partial charge in [-0.2, -0.15) is 4.31 Å². The summed E-state index contributed by atoms with van der Waals surface area (Å²) in [6, 6.07) is 12.6. The van der Waals surface area contributed by atoms with Gasteiger partial charge in [-0.25, -0.2) is 13.2 Å². The molecule has 0 aliphatic carbocycles. The number of nitrogens with one attached hydrogen (secondary N) is 2. The highest BCUT2D eigenvalue weighted by Crippen LogP contribution is 2.21. The molecule has 1 fully saturated rings. The lowest BCUT2D eigenvalue weighted by molar-refractivity contribution is -0.114. The average Bonchev–Trinajstić information content (AvgIpc) is 2.95. The Hall–Kier alpha value is -2.62. The average molecular weight is 451 g/mol. The van der Waals surface area contributed by atoms with E-state index in [-0.39, 0.29) is 29.9 Å². The topological polar surface area (TPSA) is 98.8 Å². The first kappa shape index (κ1) is 22.1. The molecule has 160 valence electrons. The number of hydrogen-bond donors (Lipinski definition) is 2. The number of sulfonamides is 1. The summed E-state index contributed by atoms with van der Waals surface area (Å²) in [5, 5.41) is 5.91. The van der Waals surface area contributed by atoms with Crippen LogP contribution in [0.25, 0.3) is 0 Å². The van der Waals surface area contributed by atoms with Gasteiger partial charge in [0.2, 0.25) is 15.9 Å². The third kappa shape index (κ3) is 5.50. The number of nitrogens with zero attached hydrogens (tertiary/aromatic N) is 2. The predicted octanol–water partition coefficient (Wildman–Crippen LogP) is 3.23. The lowest BCUT2D eigenvalue weighted by Crippen LogP contribution is -2.39. The van der Waals surface area contributed by atoms with Crippen molar-refractivity contribution in [3.8, 4) is 0 Å². The summed E-state index contributed by atoms with van der Waals surface area (Å²) < 4.78 is 27.3. The van der Waals surface area contributed by atoms with Gasteiger partial charge in [0.15, 0.2) is 0 Å². The minimum atomic E-state index is -3.70. The molecule has 0 spiro atoms. The van der Waals surface area contributed by atoms with Crippen molar-refractivity contribution >= 4 is 44.9 Å². The third-order valence-corrected chi connectivity index (χ3v) is 6.78. The van der Waals surface area contributed by atoms with Crippen molar-refractivity contribution in [3.05, 3.63) is 53.6 Å². The van der Waals surface area contributed by atoms with Gasteiger partial charge in [-0.3, -0.25) is 4.79 Å². The molecule has 2 aromatic carbocycles. The van der Waals surface area contributed by atoms with E-state index in [0.717, 1.165) is 0 Å². The molecule has 2 aromatic rings. The quantitative estimate of drug-likeness (QED) is 0.747. The Bertz CT molecular complexity index is 1030. The van der Waals surface area contributed by atoms with Crippen molar-refractivity contribution in [3.63, 3.8) is 0 Å². The molecule has 3 amide bonds. The molecule has 1 aliphatic rings. The Morgan fingerprint density at radius 1 is 0.933 bits per heavy atom. The number of rotatable bonds is 4. The number of anilines is 2. The molecule has 0 bridgehead atoms. The highest BCUT2D eigenvalue weighted by molar-refractivity contribution is 7.89. The standard InChI is InChI=1S/C20H23ClN4O4S/c1-15(26)22-17-6-8-19(9-7-17)30(28,29)25-11-3-10-24(12-13-25)20(27)23-18-5-2-4-16(21)14-18/h2,4-9,14H,3,10-13H2,1H3,(H,22,26)(H,23,27). The van der Waals surface area contributed by atoms with E-state index in [1.807, 2.05) is 0 Å². The molecule has 30 heavy (non-hydrogen) atoms. The molecule has 8 nitrogen and oxygen atoms in total. The van der Waals surface area contributed by atoms with Gasteiger partial charge in [0.25, 0.3) is 0 Å². The van der Waals surface area contributed by atoms with Gasteiger partial charge in [-0.1, -0.05) is 17.7 Å². The summed E-state index contributed by atoms with van der Waals surface area (Å²) in [5.74, 6) is -0.228. The maximum absolute atomic E-state index is 13.0. The molecule has 0 saturated carbocycles. The summed E-state index contributed by atoms with van der Waals surface area (Å²) in [6.07, 6.45) is 0.520. The van der Waals surface area contributed by atoms with Gasteiger partial charge in [0, 0.05) is 49.5 Å². The van der Waals surface area contributed by atoms with Crippen LogP contribution in [0.2, 0.25) is 5.02 Å². The summed E-state index contributed by atoms with van der Waals surface area (Å²) in [7, 11) is -3.70. The van der Waals surface area contributed by atoms with Crippen molar-refractivity contribution in [2.24, 2.45) is 0 Å². The zero-order valence-corrected chi connectivity index (χ0v) is 18.0. The second-order valence-corrected chi connectivity index (χ2v) is 9.27. The first-order chi connectivity index (χ1) is 14.3. The zero-order chi connectivity index (χ0) is 21.7. The van der Waals surface area contributed by atoms with Crippen LogP contribution in [-0.2, 0) is 14.8 Å². The normalized spacial score (nSPS) is 15.3. The van der Waals surface area contributed by atoms with Crippen molar-refractivity contribution in [1.82, 2.24) is 9.21 Å². The van der Waals surface area contributed by atoms with Crippen molar-refractivity contribution < 1.29 is 18.0 Å². The lowest BCUT2D eigenvalue weighted by Gasteiger charge is -2.22. The second-order valence-electron chi connectivity index (χ2n) is 6.89. The van der Waals surface area contributed by atoms with Gasteiger partial charge in [0.1, 0.15) is 0 Å². The summed E-state index contributed by atoms with van der Waals surface area (Å²) in [4.78, 5) is 25.4. The minimum absolute atomic E-state index is 0.147.